The highest BCUT2D eigenvalue weighted by atomic mass is 16.3. The van der Waals surface area contributed by atoms with Crippen LogP contribution in [0.2, 0.25) is 0 Å². The number of phenols is 3. The first kappa shape index (κ1) is 10.3. The van der Waals surface area contributed by atoms with Gasteiger partial charge in [0.25, 0.3) is 0 Å². The zero-order chi connectivity index (χ0) is 13.1. The number of aromatic hydroxyl groups is 3. The van der Waals surface area contributed by atoms with Crippen molar-refractivity contribution < 1.29 is 15.3 Å². The monoisotopic (exact) mass is 250 g/mol. The lowest BCUT2D eigenvalue weighted by atomic mass is 9.93. The van der Waals surface area contributed by atoms with E-state index in [1.807, 2.05) is 30.3 Å². The summed E-state index contributed by atoms with van der Waals surface area (Å²) < 4.78 is 0. The molecule has 4 aromatic rings. The maximum absolute atomic E-state index is 10.0. The van der Waals surface area contributed by atoms with Gasteiger partial charge in [-0.15, -0.1) is 0 Å². The molecule has 0 unspecified atom stereocenters. The van der Waals surface area contributed by atoms with E-state index in [4.69, 9.17) is 0 Å². The molecule has 0 saturated carbocycles. The second kappa shape index (κ2) is 3.20. The maximum Gasteiger partial charge on any atom is 0.201 e. The number of hydrogen-bond acceptors (Lipinski definition) is 3. The van der Waals surface area contributed by atoms with Crippen LogP contribution in [0.1, 0.15) is 0 Å². The van der Waals surface area contributed by atoms with Crippen molar-refractivity contribution in [2.75, 3.05) is 0 Å². The van der Waals surface area contributed by atoms with E-state index in [0.29, 0.717) is 10.8 Å². The summed E-state index contributed by atoms with van der Waals surface area (Å²) in [6.45, 7) is 0. The van der Waals surface area contributed by atoms with Crippen molar-refractivity contribution in [3.8, 4) is 17.2 Å². The van der Waals surface area contributed by atoms with Crippen molar-refractivity contribution >= 4 is 32.3 Å². The lowest BCUT2D eigenvalue weighted by Crippen LogP contribution is -1.85. The Balaban J connectivity index is 2.47. The SMILES string of the molecule is Oc1c(O)c2ccc3cccc4ccc(c1O)c2c34. The van der Waals surface area contributed by atoms with Crippen LogP contribution in [-0.2, 0) is 0 Å². The molecular weight excluding hydrogens is 240 g/mol. The minimum absolute atomic E-state index is 0.275. The fraction of sp³-hybridized carbons (Fsp3) is 0. The summed E-state index contributed by atoms with van der Waals surface area (Å²) in [5.41, 5.74) is 0. The molecule has 4 rings (SSSR count). The summed E-state index contributed by atoms with van der Waals surface area (Å²) in [6.07, 6.45) is 0. The molecule has 0 radical (unpaired) electrons. The molecule has 0 aliphatic rings. The van der Waals surface area contributed by atoms with E-state index < -0.39 is 5.75 Å². The highest BCUT2D eigenvalue weighted by Crippen LogP contribution is 2.48. The van der Waals surface area contributed by atoms with E-state index in [2.05, 4.69) is 0 Å². The fourth-order valence-corrected chi connectivity index (χ4v) is 2.84. The van der Waals surface area contributed by atoms with Crippen LogP contribution >= 0.6 is 0 Å². The predicted octanol–water partition coefficient (Wildman–Crippen LogP) is 3.70. The molecule has 3 N–H and O–H groups in total. The minimum Gasteiger partial charge on any atom is -0.504 e. The van der Waals surface area contributed by atoms with Crippen molar-refractivity contribution in [3.63, 3.8) is 0 Å². The third-order valence-corrected chi connectivity index (χ3v) is 3.74. The van der Waals surface area contributed by atoms with Crippen LogP contribution in [0.15, 0.2) is 42.5 Å². The highest BCUT2D eigenvalue weighted by molar-refractivity contribution is 6.26. The lowest BCUT2D eigenvalue weighted by Gasteiger charge is -2.13. The molecule has 0 atom stereocenters. The molecule has 0 spiro atoms. The van der Waals surface area contributed by atoms with Crippen molar-refractivity contribution in [1.29, 1.82) is 0 Å². The average molecular weight is 250 g/mol. The summed E-state index contributed by atoms with van der Waals surface area (Å²) in [7, 11) is 0. The Morgan fingerprint density at radius 3 is 1.58 bits per heavy atom. The van der Waals surface area contributed by atoms with Gasteiger partial charge in [-0.2, -0.15) is 0 Å². The van der Waals surface area contributed by atoms with Crippen molar-refractivity contribution in [2.45, 2.75) is 0 Å². The number of phenolic OH excluding ortho intramolecular Hbond substituents is 3. The van der Waals surface area contributed by atoms with E-state index in [-0.39, 0.29) is 11.5 Å². The van der Waals surface area contributed by atoms with E-state index in [1.165, 1.54) is 0 Å². The highest BCUT2D eigenvalue weighted by Gasteiger charge is 2.18. The third kappa shape index (κ3) is 1.12. The Labute approximate surface area is 108 Å². The average Bonchev–Trinajstić information content (AvgIpc) is 2.45. The molecule has 0 heterocycles. The van der Waals surface area contributed by atoms with Gasteiger partial charge in [-0.1, -0.05) is 30.3 Å². The Morgan fingerprint density at radius 2 is 1.05 bits per heavy atom. The molecular formula is C16H10O3. The van der Waals surface area contributed by atoms with Crippen LogP contribution in [0, 0.1) is 0 Å². The van der Waals surface area contributed by atoms with Gasteiger partial charge in [0, 0.05) is 16.2 Å². The van der Waals surface area contributed by atoms with E-state index in [9.17, 15) is 15.3 Å². The van der Waals surface area contributed by atoms with Crippen LogP contribution in [0.4, 0.5) is 0 Å². The Kier molecular flexibility index (Phi) is 1.73. The van der Waals surface area contributed by atoms with Gasteiger partial charge in [0.2, 0.25) is 5.75 Å². The summed E-state index contributed by atoms with van der Waals surface area (Å²) >= 11 is 0. The van der Waals surface area contributed by atoms with Crippen molar-refractivity contribution in [1.82, 2.24) is 0 Å². The number of benzene rings is 4. The summed E-state index contributed by atoms with van der Waals surface area (Å²) in [4.78, 5) is 0. The summed E-state index contributed by atoms with van der Waals surface area (Å²) in [5, 5.41) is 34.7. The second-order valence-corrected chi connectivity index (χ2v) is 4.73. The predicted molar refractivity (Wildman–Crippen MR) is 75.1 cm³/mol. The maximum atomic E-state index is 10.0. The molecule has 0 aromatic heterocycles. The van der Waals surface area contributed by atoms with E-state index in [1.54, 1.807) is 12.1 Å². The third-order valence-electron chi connectivity index (χ3n) is 3.74. The first-order valence-electron chi connectivity index (χ1n) is 5.99. The molecule has 19 heavy (non-hydrogen) atoms. The Hall–Kier alpha value is -2.68. The molecule has 0 amide bonds. The fourth-order valence-electron chi connectivity index (χ4n) is 2.84. The van der Waals surface area contributed by atoms with Gasteiger partial charge < -0.3 is 15.3 Å². The Bertz CT molecular complexity index is 871. The van der Waals surface area contributed by atoms with Gasteiger partial charge in [-0.3, -0.25) is 0 Å². The molecule has 92 valence electrons. The van der Waals surface area contributed by atoms with E-state index >= 15 is 0 Å². The molecule has 3 heteroatoms. The van der Waals surface area contributed by atoms with Crippen molar-refractivity contribution in [2.24, 2.45) is 0 Å². The topological polar surface area (TPSA) is 60.7 Å². The molecule has 3 nitrogen and oxygen atoms in total. The molecule has 4 aromatic carbocycles. The quantitative estimate of drug-likeness (QED) is 0.329. The van der Waals surface area contributed by atoms with Gasteiger partial charge >= 0.3 is 0 Å². The van der Waals surface area contributed by atoms with E-state index in [0.717, 1.165) is 21.5 Å². The lowest BCUT2D eigenvalue weighted by molar-refractivity contribution is 0.374. The van der Waals surface area contributed by atoms with Crippen molar-refractivity contribution in [3.05, 3.63) is 42.5 Å². The Morgan fingerprint density at radius 1 is 0.526 bits per heavy atom. The summed E-state index contributed by atoms with van der Waals surface area (Å²) in [5.74, 6) is -1.02. The molecule has 0 bridgehead atoms. The zero-order valence-corrected chi connectivity index (χ0v) is 9.88. The summed E-state index contributed by atoms with van der Waals surface area (Å²) in [6, 6.07) is 13.3. The number of hydrogen-bond donors (Lipinski definition) is 3. The smallest absolute Gasteiger partial charge is 0.201 e. The zero-order valence-electron chi connectivity index (χ0n) is 9.88. The van der Waals surface area contributed by atoms with Gasteiger partial charge in [0.05, 0.1) is 0 Å². The first-order chi connectivity index (χ1) is 9.18. The van der Waals surface area contributed by atoms with Crippen LogP contribution in [0.3, 0.4) is 0 Å². The number of rotatable bonds is 0. The minimum atomic E-state index is -0.467. The van der Waals surface area contributed by atoms with Crippen LogP contribution in [0.5, 0.6) is 17.2 Å². The molecule has 0 aliphatic heterocycles. The molecule has 0 fully saturated rings. The van der Waals surface area contributed by atoms with Gasteiger partial charge in [0.1, 0.15) is 0 Å². The first-order valence-corrected chi connectivity index (χ1v) is 5.99. The van der Waals surface area contributed by atoms with Gasteiger partial charge in [-0.25, -0.2) is 0 Å². The standard InChI is InChI=1S/C16H10O3/c17-14-10-6-4-8-2-1-3-9-5-7-11(13(10)12(8)9)15(18)16(14)19/h1-7,17-19H. The normalized spacial score (nSPS) is 11.8. The second-order valence-electron chi connectivity index (χ2n) is 4.73. The molecule has 0 aliphatic carbocycles. The van der Waals surface area contributed by atoms with Crippen LogP contribution in [-0.4, -0.2) is 15.3 Å². The van der Waals surface area contributed by atoms with Crippen LogP contribution < -0.4 is 0 Å². The molecule has 0 saturated heterocycles. The largest absolute Gasteiger partial charge is 0.504 e. The van der Waals surface area contributed by atoms with Gasteiger partial charge in [0.15, 0.2) is 11.5 Å². The van der Waals surface area contributed by atoms with Crippen LogP contribution in [0.25, 0.3) is 32.3 Å². The van der Waals surface area contributed by atoms with Gasteiger partial charge in [-0.05, 0) is 28.3 Å².